The number of ether oxygens (including phenoxy) is 1. The van der Waals surface area contributed by atoms with Crippen LogP contribution < -0.4 is 10.1 Å². The number of nitrogens with one attached hydrogen (secondary N) is 1. The van der Waals surface area contributed by atoms with Crippen LogP contribution in [0.1, 0.15) is 44.1 Å². The Morgan fingerprint density at radius 2 is 1.74 bits per heavy atom. The Bertz CT molecular complexity index is 352. The monoisotopic (exact) mass is 261 g/mol. The van der Waals surface area contributed by atoms with Gasteiger partial charge in [-0.05, 0) is 49.9 Å². The van der Waals surface area contributed by atoms with Crippen LogP contribution in [0.25, 0.3) is 0 Å². The van der Waals surface area contributed by atoms with Crippen molar-refractivity contribution < 1.29 is 4.74 Å². The van der Waals surface area contributed by atoms with E-state index in [1.807, 2.05) is 0 Å². The van der Waals surface area contributed by atoms with Gasteiger partial charge in [-0.25, -0.2) is 0 Å². The van der Waals surface area contributed by atoms with E-state index in [9.17, 15) is 0 Å². The third kappa shape index (κ3) is 4.24. The van der Waals surface area contributed by atoms with Crippen LogP contribution in [-0.4, -0.2) is 20.2 Å². The van der Waals surface area contributed by atoms with Crippen molar-refractivity contribution in [2.24, 2.45) is 5.92 Å². The molecule has 0 radical (unpaired) electrons. The van der Waals surface area contributed by atoms with Crippen molar-refractivity contribution in [3.8, 4) is 5.75 Å². The fourth-order valence-corrected chi connectivity index (χ4v) is 3.23. The summed E-state index contributed by atoms with van der Waals surface area (Å²) in [5.74, 6) is 1.79. The highest BCUT2D eigenvalue weighted by molar-refractivity contribution is 5.27. The van der Waals surface area contributed by atoms with Gasteiger partial charge in [0.05, 0.1) is 7.11 Å². The lowest BCUT2D eigenvalue weighted by molar-refractivity contribution is 0.332. The Hall–Kier alpha value is -1.02. The average Bonchev–Trinajstić information content (AvgIpc) is 2.74. The molecule has 0 aliphatic heterocycles. The number of rotatable bonds is 5. The number of methoxy groups -OCH3 is 1. The Labute approximate surface area is 117 Å². The van der Waals surface area contributed by atoms with Crippen LogP contribution in [0.2, 0.25) is 0 Å². The second kappa shape index (κ2) is 7.54. The highest BCUT2D eigenvalue weighted by atomic mass is 16.5. The molecule has 0 saturated heterocycles. The van der Waals surface area contributed by atoms with Crippen LogP contribution in [-0.2, 0) is 6.42 Å². The van der Waals surface area contributed by atoms with Gasteiger partial charge in [0, 0.05) is 6.04 Å². The zero-order valence-corrected chi connectivity index (χ0v) is 12.3. The molecule has 1 atom stereocenters. The maximum Gasteiger partial charge on any atom is 0.118 e. The Balaban J connectivity index is 1.96. The lowest BCUT2D eigenvalue weighted by Crippen LogP contribution is -2.35. The summed E-state index contributed by atoms with van der Waals surface area (Å²) in [6.07, 6.45) is 9.58. The summed E-state index contributed by atoms with van der Waals surface area (Å²) in [5.41, 5.74) is 1.41. The summed E-state index contributed by atoms with van der Waals surface area (Å²) >= 11 is 0. The molecule has 19 heavy (non-hydrogen) atoms. The van der Waals surface area contributed by atoms with E-state index in [0.717, 1.165) is 18.1 Å². The minimum absolute atomic E-state index is 0.617. The van der Waals surface area contributed by atoms with Crippen molar-refractivity contribution in [2.75, 3.05) is 14.2 Å². The third-order valence-corrected chi connectivity index (χ3v) is 4.45. The smallest absolute Gasteiger partial charge is 0.118 e. The number of benzene rings is 1. The molecule has 2 rings (SSSR count). The normalized spacial score (nSPS) is 18.8. The number of likely N-dealkylation sites (N-methyl/N-ethyl adjacent to an activating group) is 1. The predicted molar refractivity (Wildman–Crippen MR) is 80.7 cm³/mol. The Morgan fingerprint density at radius 3 is 2.26 bits per heavy atom. The van der Waals surface area contributed by atoms with Crippen LogP contribution in [0.4, 0.5) is 0 Å². The van der Waals surface area contributed by atoms with E-state index in [1.54, 1.807) is 7.11 Å². The zero-order chi connectivity index (χ0) is 13.5. The molecule has 1 unspecified atom stereocenters. The summed E-state index contributed by atoms with van der Waals surface area (Å²) in [6.45, 7) is 0. The lowest BCUT2D eigenvalue weighted by atomic mass is 9.88. The molecule has 106 valence electrons. The van der Waals surface area contributed by atoms with E-state index >= 15 is 0 Å². The van der Waals surface area contributed by atoms with Crippen LogP contribution in [0.3, 0.4) is 0 Å². The van der Waals surface area contributed by atoms with E-state index in [2.05, 4.69) is 36.6 Å². The first-order valence-corrected chi connectivity index (χ1v) is 7.63. The highest BCUT2D eigenvalue weighted by Crippen LogP contribution is 2.27. The summed E-state index contributed by atoms with van der Waals surface area (Å²) < 4.78 is 5.22. The molecular formula is C17H27NO. The fourth-order valence-electron chi connectivity index (χ4n) is 3.23. The predicted octanol–water partition coefficient (Wildman–Crippen LogP) is 3.80. The first-order valence-electron chi connectivity index (χ1n) is 7.63. The Kier molecular flexibility index (Phi) is 5.71. The molecule has 2 heteroatoms. The molecule has 0 aromatic heterocycles. The topological polar surface area (TPSA) is 21.3 Å². The average molecular weight is 261 g/mol. The second-order valence-corrected chi connectivity index (χ2v) is 5.70. The van der Waals surface area contributed by atoms with Crippen molar-refractivity contribution in [2.45, 2.75) is 51.0 Å². The first-order chi connectivity index (χ1) is 9.33. The van der Waals surface area contributed by atoms with E-state index in [1.165, 1.54) is 44.1 Å². The molecule has 1 fully saturated rings. The van der Waals surface area contributed by atoms with Crippen LogP contribution in [0.15, 0.2) is 24.3 Å². The fraction of sp³-hybridized carbons (Fsp3) is 0.647. The molecular weight excluding hydrogens is 234 g/mol. The first kappa shape index (κ1) is 14.4. The maximum atomic E-state index is 5.22. The molecule has 0 heterocycles. The van der Waals surface area contributed by atoms with Crippen molar-refractivity contribution in [3.05, 3.63) is 29.8 Å². The highest BCUT2D eigenvalue weighted by Gasteiger charge is 2.21. The molecule has 1 aliphatic rings. The van der Waals surface area contributed by atoms with Gasteiger partial charge in [-0.1, -0.05) is 37.8 Å². The summed E-state index contributed by atoms with van der Waals surface area (Å²) in [4.78, 5) is 0. The molecule has 1 N–H and O–H groups in total. The third-order valence-electron chi connectivity index (χ3n) is 4.45. The molecule has 1 aromatic carbocycles. The molecule has 1 aromatic rings. The molecule has 1 saturated carbocycles. The second-order valence-electron chi connectivity index (χ2n) is 5.70. The van der Waals surface area contributed by atoms with Gasteiger partial charge in [0.25, 0.3) is 0 Å². The molecule has 2 nitrogen and oxygen atoms in total. The van der Waals surface area contributed by atoms with E-state index in [-0.39, 0.29) is 0 Å². The summed E-state index contributed by atoms with van der Waals surface area (Å²) in [5, 5.41) is 3.55. The number of hydrogen-bond acceptors (Lipinski definition) is 2. The van der Waals surface area contributed by atoms with Crippen molar-refractivity contribution >= 4 is 0 Å². The lowest BCUT2D eigenvalue weighted by Gasteiger charge is -2.26. The van der Waals surface area contributed by atoms with Crippen LogP contribution >= 0.6 is 0 Å². The van der Waals surface area contributed by atoms with Crippen LogP contribution in [0.5, 0.6) is 5.75 Å². The quantitative estimate of drug-likeness (QED) is 0.814. The van der Waals surface area contributed by atoms with E-state index in [4.69, 9.17) is 4.74 Å². The SMILES string of the molecule is CNC(Cc1ccc(OC)cc1)C1CCCCCC1. The van der Waals surface area contributed by atoms with Gasteiger partial charge in [0.15, 0.2) is 0 Å². The minimum Gasteiger partial charge on any atom is -0.497 e. The van der Waals surface area contributed by atoms with Gasteiger partial charge in [0.1, 0.15) is 5.75 Å². The molecule has 0 amide bonds. The summed E-state index contributed by atoms with van der Waals surface area (Å²) in [7, 11) is 3.83. The standard InChI is InChI=1S/C17H27NO/c1-18-17(15-7-5-3-4-6-8-15)13-14-9-11-16(19-2)12-10-14/h9-12,15,17-18H,3-8,13H2,1-2H3. The zero-order valence-electron chi connectivity index (χ0n) is 12.3. The van der Waals surface area contributed by atoms with Crippen molar-refractivity contribution in [1.29, 1.82) is 0 Å². The van der Waals surface area contributed by atoms with Gasteiger partial charge < -0.3 is 10.1 Å². The van der Waals surface area contributed by atoms with E-state index < -0.39 is 0 Å². The number of hydrogen-bond donors (Lipinski definition) is 1. The molecule has 0 bridgehead atoms. The molecule has 0 spiro atoms. The minimum atomic E-state index is 0.617. The van der Waals surface area contributed by atoms with Gasteiger partial charge in [0.2, 0.25) is 0 Å². The molecule has 1 aliphatic carbocycles. The maximum absolute atomic E-state index is 5.22. The van der Waals surface area contributed by atoms with Gasteiger partial charge in [-0.2, -0.15) is 0 Å². The Morgan fingerprint density at radius 1 is 1.11 bits per heavy atom. The van der Waals surface area contributed by atoms with Gasteiger partial charge in [-0.15, -0.1) is 0 Å². The van der Waals surface area contributed by atoms with Gasteiger partial charge >= 0.3 is 0 Å². The van der Waals surface area contributed by atoms with E-state index in [0.29, 0.717) is 6.04 Å². The largest absolute Gasteiger partial charge is 0.497 e. The van der Waals surface area contributed by atoms with Crippen LogP contribution in [0, 0.1) is 5.92 Å². The van der Waals surface area contributed by atoms with Gasteiger partial charge in [-0.3, -0.25) is 0 Å². The van der Waals surface area contributed by atoms with Crippen molar-refractivity contribution in [1.82, 2.24) is 5.32 Å². The van der Waals surface area contributed by atoms with Crippen molar-refractivity contribution in [3.63, 3.8) is 0 Å². The summed E-state index contributed by atoms with van der Waals surface area (Å²) in [6, 6.07) is 9.14.